The Labute approximate surface area is 118 Å². The van der Waals surface area contributed by atoms with Gasteiger partial charge in [0.15, 0.2) is 5.72 Å². The first kappa shape index (κ1) is 12.4. The molecular weight excluding hydrogens is 252 g/mol. The monoisotopic (exact) mass is 272 g/mol. The zero-order chi connectivity index (χ0) is 14.1. The maximum Gasteiger partial charge on any atom is 0.264 e. The number of nitrogens with zero attached hydrogens (tertiary/aromatic N) is 1. The van der Waals surface area contributed by atoms with E-state index in [0.29, 0.717) is 5.57 Å². The van der Waals surface area contributed by atoms with E-state index in [9.17, 15) is 15.2 Å². The Morgan fingerprint density at radius 3 is 2.15 bits per heavy atom. The van der Waals surface area contributed by atoms with E-state index < -0.39 is 11.6 Å². The molecule has 1 aliphatic heterocycles. The van der Waals surface area contributed by atoms with Crippen molar-refractivity contribution in [3.8, 4) is 6.07 Å². The van der Waals surface area contributed by atoms with Crippen molar-refractivity contribution in [2.75, 3.05) is 0 Å². The van der Waals surface area contributed by atoms with Crippen LogP contribution in [0.25, 0.3) is 0 Å². The fraction of sp³-hybridized carbons (Fsp3) is 0.750. The van der Waals surface area contributed by atoms with Crippen molar-refractivity contribution < 1.29 is 9.90 Å². The topological polar surface area (TPSA) is 73.1 Å². The second kappa shape index (κ2) is 3.65. The molecule has 0 saturated heterocycles. The number of aliphatic hydroxyl groups is 1. The van der Waals surface area contributed by atoms with Crippen LogP contribution in [0.15, 0.2) is 11.1 Å². The SMILES string of the molecule is CC1(O)NC(=O)C(C#N)=C1C12CC3CC(CC(C3)C1)C2. The van der Waals surface area contributed by atoms with Crippen LogP contribution in [0.4, 0.5) is 0 Å². The van der Waals surface area contributed by atoms with Crippen molar-refractivity contribution in [2.24, 2.45) is 23.2 Å². The Bertz CT molecular complexity index is 532. The van der Waals surface area contributed by atoms with E-state index in [1.54, 1.807) is 6.92 Å². The highest BCUT2D eigenvalue weighted by atomic mass is 16.3. The lowest BCUT2D eigenvalue weighted by atomic mass is 9.47. The Hall–Kier alpha value is -1.34. The molecule has 4 bridgehead atoms. The molecule has 1 heterocycles. The van der Waals surface area contributed by atoms with Gasteiger partial charge in [0.05, 0.1) is 0 Å². The predicted octanol–water partition coefficient (Wildman–Crippen LogP) is 1.86. The predicted molar refractivity (Wildman–Crippen MR) is 72.0 cm³/mol. The van der Waals surface area contributed by atoms with Gasteiger partial charge in [-0.05, 0) is 68.6 Å². The molecule has 0 radical (unpaired) electrons. The molecule has 0 aromatic carbocycles. The number of carbonyl (C=O) groups is 1. The summed E-state index contributed by atoms with van der Waals surface area (Å²) in [5, 5.41) is 22.6. The Morgan fingerprint density at radius 2 is 1.70 bits per heavy atom. The first-order valence-electron chi connectivity index (χ1n) is 7.64. The van der Waals surface area contributed by atoms with Crippen LogP contribution in [0.1, 0.15) is 45.4 Å². The van der Waals surface area contributed by atoms with Crippen molar-refractivity contribution in [2.45, 2.75) is 51.2 Å². The van der Waals surface area contributed by atoms with Crippen LogP contribution >= 0.6 is 0 Å². The maximum absolute atomic E-state index is 12.0. The number of rotatable bonds is 1. The first-order valence-corrected chi connectivity index (χ1v) is 7.64. The van der Waals surface area contributed by atoms with E-state index in [-0.39, 0.29) is 11.0 Å². The summed E-state index contributed by atoms with van der Waals surface area (Å²) in [6, 6.07) is 2.05. The van der Waals surface area contributed by atoms with Crippen LogP contribution in [0.5, 0.6) is 0 Å². The zero-order valence-corrected chi connectivity index (χ0v) is 11.8. The summed E-state index contributed by atoms with van der Waals surface area (Å²) in [6.07, 6.45) is 7.05. The summed E-state index contributed by atoms with van der Waals surface area (Å²) in [5.74, 6) is 1.77. The highest BCUT2D eigenvalue weighted by Crippen LogP contribution is 2.64. The van der Waals surface area contributed by atoms with Crippen molar-refractivity contribution in [3.63, 3.8) is 0 Å². The molecule has 5 rings (SSSR count). The third kappa shape index (κ3) is 1.47. The third-order valence-electron chi connectivity index (χ3n) is 6.00. The number of amides is 1. The molecule has 0 aromatic rings. The van der Waals surface area contributed by atoms with Gasteiger partial charge in [0.1, 0.15) is 11.6 Å². The fourth-order valence-electron chi connectivity index (χ4n) is 6.01. The van der Waals surface area contributed by atoms with Crippen LogP contribution in [0.3, 0.4) is 0 Å². The summed E-state index contributed by atoms with van der Waals surface area (Å²) >= 11 is 0. The lowest BCUT2D eigenvalue weighted by Crippen LogP contribution is -2.53. The molecule has 4 nitrogen and oxygen atoms in total. The van der Waals surface area contributed by atoms with Crippen LogP contribution in [-0.4, -0.2) is 16.7 Å². The number of hydrogen-bond acceptors (Lipinski definition) is 3. The van der Waals surface area contributed by atoms with Gasteiger partial charge in [-0.15, -0.1) is 0 Å². The van der Waals surface area contributed by atoms with Gasteiger partial charge in [-0.2, -0.15) is 5.26 Å². The second-order valence-electron chi connectivity index (χ2n) is 7.59. The van der Waals surface area contributed by atoms with Crippen molar-refractivity contribution in [3.05, 3.63) is 11.1 Å². The van der Waals surface area contributed by atoms with E-state index in [2.05, 4.69) is 11.4 Å². The number of nitriles is 1. The Kier molecular flexibility index (Phi) is 2.26. The lowest BCUT2D eigenvalue weighted by molar-refractivity contribution is -0.120. The van der Waals surface area contributed by atoms with Gasteiger partial charge >= 0.3 is 0 Å². The van der Waals surface area contributed by atoms with E-state index in [1.807, 2.05) is 0 Å². The lowest BCUT2D eigenvalue weighted by Gasteiger charge is -2.58. The molecule has 4 heteroatoms. The summed E-state index contributed by atoms with van der Waals surface area (Å²) in [4.78, 5) is 12.0. The quantitative estimate of drug-likeness (QED) is 0.765. The van der Waals surface area contributed by atoms with E-state index >= 15 is 0 Å². The molecule has 4 saturated carbocycles. The average Bonchev–Trinajstić information content (AvgIpc) is 2.56. The molecule has 20 heavy (non-hydrogen) atoms. The van der Waals surface area contributed by atoms with Gasteiger partial charge in [0.25, 0.3) is 5.91 Å². The van der Waals surface area contributed by atoms with Crippen LogP contribution in [0, 0.1) is 34.5 Å². The van der Waals surface area contributed by atoms with Crippen molar-refractivity contribution in [1.82, 2.24) is 5.32 Å². The zero-order valence-electron chi connectivity index (χ0n) is 11.8. The van der Waals surface area contributed by atoms with Gasteiger partial charge in [-0.25, -0.2) is 0 Å². The molecule has 4 aliphatic carbocycles. The molecule has 2 N–H and O–H groups in total. The summed E-state index contributed by atoms with van der Waals surface area (Å²) in [6.45, 7) is 1.63. The summed E-state index contributed by atoms with van der Waals surface area (Å²) < 4.78 is 0. The highest BCUT2D eigenvalue weighted by molar-refractivity contribution is 6.02. The minimum atomic E-state index is -1.34. The van der Waals surface area contributed by atoms with Gasteiger partial charge in [-0.1, -0.05) is 0 Å². The molecule has 1 atom stereocenters. The highest BCUT2D eigenvalue weighted by Gasteiger charge is 2.58. The molecule has 1 unspecified atom stereocenters. The largest absolute Gasteiger partial charge is 0.367 e. The van der Waals surface area contributed by atoms with Gasteiger partial charge < -0.3 is 10.4 Å². The standard InChI is InChI=1S/C16H20N2O2/c1-15(20)13(12(8-17)14(19)18-15)16-5-9-2-10(6-16)4-11(3-9)7-16/h9-11,20H,2-7H2,1H3,(H,18,19). The molecule has 0 spiro atoms. The fourth-order valence-corrected chi connectivity index (χ4v) is 6.01. The minimum Gasteiger partial charge on any atom is -0.367 e. The molecule has 5 aliphatic rings. The van der Waals surface area contributed by atoms with E-state index in [1.165, 1.54) is 19.3 Å². The van der Waals surface area contributed by atoms with E-state index in [4.69, 9.17) is 0 Å². The minimum absolute atomic E-state index is 0.109. The van der Waals surface area contributed by atoms with Crippen LogP contribution < -0.4 is 5.32 Å². The number of carbonyl (C=O) groups excluding carboxylic acids is 1. The molecular formula is C16H20N2O2. The second-order valence-corrected chi connectivity index (χ2v) is 7.59. The summed E-state index contributed by atoms with van der Waals surface area (Å²) in [7, 11) is 0. The molecule has 0 aromatic heterocycles. The normalized spacial score (nSPS) is 49.5. The van der Waals surface area contributed by atoms with Gasteiger partial charge in [0, 0.05) is 5.57 Å². The van der Waals surface area contributed by atoms with Crippen LogP contribution in [-0.2, 0) is 4.79 Å². The van der Waals surface area contributed by atoms with Gasteiger partial charge in [-0.3, -0.25) is 4.79 Å². The first-order chi connectivity index (χ1) is 9.43. The smallest absolute Gasteiger partial charge is 0.264 e. The molecule has 106 valence electrons. The Balaban J connectivity index is 1.85. The molecule has 1 amide bonds. The number of hydrogen-bond donors (Lipinski definition) is 2. The third-order valence-corrected chi connectivity index (χ3v) is 6.00. The van der Waals surface area contributed by atoms with Crippen molar-refractivity contribution >= 4 is 5.91 Å². The van der Waals surface area contributed by atoms with Gasteiger partial charge in [0.2, 0.25) is 0 Å². The molecule has 4 fully saturated rings. The van der Waals surface area contributed by atoms with Crippen LogP contribution in [0.2, 0.25) is 0 Å². The Morgan fingerprint density at radius 1 is 1.20 bits per heavy atom. The average molecular weight is 272 g/mol. The van der Waals surface area contributed by atoms with E-state index in [0.717, 1.165) is 37.0 Å². The van der Waals surface area contributed by atoms with Crippen molar-refractivity contribution in [1.29, 1.82) is 5.26 Å². The maximum atomic E-state index is 12.0. The number of nitrogens with one attached hydrogen (secondary N) is 1. The summed E-state index contributed by atoms with van der Waals surface area (Å²) in [5.41, 5.74) is -0.565.